The second-order valence-electron chi connectivity index (χ2n) is 8.91. The van der Waals surface area contributed by atoms with Crippen LogP contribution in [0.3, 0.4) is 0 Å². The van der Waals surface area contributed by atoms with Crippen LogP contribution in [-0.4, -0.2) is 76.5 Å². The lowest BCUT2D eigenvalue weighted by atomic mass is 9.95. The maximum atomic E-state index is 11.3. The third kappa shape index (κ3) is 11.0. The van der Waals surface area contributed by atoms with Gasteiger partial charge >= 0.3 is 11.9 Å². The van der Waals surface area contributed by atoms with Crippen molar-refractivity contribution in [3.8, 4) is 35.2 Å². The first kappa shape index (κ1) is 31.3. The van der Waals surface area contributed by atoms with Crippen LogP contribution < -0.4 is 9.47 Å². The average molecular weight is 563 g/mol. The van der Waals surface area contributed by atoms with Gasteiger partial charge in [0.05, 0.1) is 51.8 Å². The molecule has 1 saturated heterocycles. The molecule has 0 atom stereocenters. The summed E-state index contributed by atoms with van der Waals surface area (Å²) in [6, 6.07) is 13.4. The first-order valence-corrected chi connectivity index (χ1v) is 13.1. The molecule has 2 aliphatic heterocycles. The van der Waals surface area contributed by atoms with Crippen LogP contribution in [0.25, 0.3) is 0 Å². The molecule has 2 aliphatic rings. The van der Waals surface area contributed by atoms with Gasteiger partial charge in [0.2, 0.25) is 0 Å². The molecule has 0 aliphatic carbocycles. The van der Waals surface area contributed by atoms with E-state index in [2.05, 4.69) is 33.2 Å². The van der Waals surface area contributed by atoms with Crippen molar-refractivity contribution in [2.45, 2.75) is 24.9 Å². The molecular weight excluding hydrogens is 528 g/mol. The van der Waals surface area contributed by atoms with Crippen LogP contribution in [0, 0.1) is 23.7 Å². The standard InChI is InChI=1S/C16H18O5.C16H16O4/c1-19-15(17)13-3-5-14(6-4-13)21-10-2-7-16(18)8-11-20-12-9-16;1-18-16(17)14-4-6-15(7-5-14)20-10-2-3-13-8-11-19-12-9-13/h3-6,18H,8-12H2,1H3;4-8H,9-12H2,1H3. The van der Waals surface area contributed by atoms with Gasteiger partial charge < -0.3 is 33.5 Å². The zero-order valence-electron chi connectivity index (χ0n) is 23.3. The SMILES string of the molecule is COC(=O)c1ccc(OCC#CC2(O)CCOCC2)cc1.COC(=O)c1ccc(OCC#CC2=CCOCC2)cc1. The average Bonchev–Trinajstić information content (AvgIpc) is 3.02. The number of rotatable bonds is 6. The predicted molar refractivity (Wildman–Crippen MR) is 151 cm³/mol. The Morgan fingerprint density at radius 3 is 1.83 bits per heavy atom. The number of hydrogen-bond acceptors (Lipinski definition) is 9. The van der Waals surface area contributed by atoms with E-state index in [1.54, 1.807) is 48.5 Å². The fourth-order valence-electron chi connectivity index (χ4n) is 3.67. The molecule has 41 heavy (non-hydrogen) atoms. The van der Waals surface area contributed by atoms with Crippen LogP contribution >= 0.6 is 0 Å². The zero-order chi connectivity index (χ0) is 29.3. The first-order chi connectivity index (χ1) is 19.9. The Morgan fingerprint density at radius 1 is 0.805 bits per heavy atom. The van der Waals surface area contributed by atoms with Gasteiger partial charge in [0.1, 0.15) is 30.3 Å². The van der Waals surface area contributed by atoms with Crippen LogP contribution in [0.2, 0.25) is 0 Å². The number of carbonyl (C=O) groups is 2. The van der Waals surface area contributed by atoms with Crippen LogP contribution in [0.15, 0.2) is 60.2 Å². The Morgan fingerprint density at radius 2 is 1.34 bits per heavy atom. The highest BCUT2D eigenvalue weighted by Crippen LogP contribution is 2.19. The van der Waals surface area contributed by atoms with Gasteiger partial charge in [0, 0.05) is 24.8 Å². The van der Waals surface area contributed by atoms with Crippen molar-refractivity contribution in [1.82, 2.24) is 0 Å². The van der Waals surface area contributed by atoms with Crippen LogP contribution in [0.5, 0.6) is 11.5 Å². The monoisotopic (exact) mass is 562 g/mol. The summed E-state index contributed by atoms with van der Waals surface area (Å²) in [6.45, 7) is 2.93. The summed E-state index contributed by atoms with van der Waals surface area (Å²) in [5.41, 5.74) is 1.10. The molecule has 0 unspecified atom stereocenters. The fraction of sp³-hybridized carbons (Fsp3) is 0.375. The van der Waals surface area contributed by atoms with Gasteiger partial charge in [-0.3, -0.25) is 0 Å². The van der Waals surface area contributed by atoms with E-state index in [4.69, 9.17) is 18.9 Å². The van der Waals surface area contributed by atoms with E-state index in [1.165, 1.54) is 14.2 Å². The lowest BCUT2D eigenvalue weighted by Crippen LogP contribution is -2.34. The molecule has 0 amide bonds. The lowest BCUT2D eigenvalue weighted by molar-refractivity contribution is -0.0263. The van der Waals surface area contributed by atoms with E-state index in [1.807, 2.05) is 6.08 Å². The van der Waals surface area contributed by atoms with Crippen molar-refractivity contribution in [2.24, 2.45) is 0 Å². The molecule has 1 N–H and O–H groups in total. The van der Waals surface area contributed by atoms with Gasteiger partial charge in [-0.15, -0.1) is 0 Å². The van der Waals surface area contributed by atoms with Gasteiger partial charge in [0.15, 0.2) is 0 Å². The molecule has 0 radical (unpaired) electrons. The number of benzene rings is 2. The third-order valence-electron chi connectivity index (χ3n) is 6.03. The molecule has 0 spiro atoms. The van der Waals surface area contributed by atoms with Crippen molar-refractivity contribution in [3.05, 3.63) is 71.3 Å². The molecular formula is C32H34O9. The largest absolute Gasteiger partial charge is 0.481 e. The Bertz CT molecular complexity index is 1280. The molecule has 2 aromatic carbocycles. The summed E-state index contributed by atoms with van der Waals surface area (Å²) in [5, 5.41) is 10.1. The van der Waals surface area contributed by atoms with Gasteiger partial charge in [-0.25, -0.2) is 9.59 Å². The van der Waals surface area contributed by atoms with Crippen LogP contribution in [0.4, 0.5) is 0 Å². The molecule has 0 bridgehead atoms. The van der Waals surface area contributed by atoms with Crippen molar-refractivity contribution in [2.75, 3.05) is 53.9 Å². The minimum absolute atomic E-state index is 0.181. The van der Waals surface area contributed by atoms with E-state index < -0.39 is 5.60 Å². The van der Waals surface area contributed by atoms with E-state index >= 15 is 0 Å². The smallest absolute Gasteiger partial charge is 0.337 e. The highest BCUT2D eigenvalue weighted by Gasteiger charge is 2.27. The van der Waals surface area contributed by atoms with Crippen LogP contribution in [0.1, 0.15) is 40.0 Å². The third-order valence-corrected chi connectivity index (χ3v) is 6.03. The molecule has 4 rings (SSSR count). The minimum Gasteiger partial charge on any atom is -0.481 e. The number of hydrogen-bond donors (Lipinski definition) is 1. The van der Waals surface area contributed by atoms with Crippen LogP contribution in [-0.2, 0) is 18.9 Å². The van der Waals surface area contributed by atoms with Gasteiger partial charge in [-0.1, -0.05) is 23.7 Å². The lowest BCUT2D eigenvalue weighted by Gasteiger charge is -2.26. The fourth-order valence-corrected chi connectivity index (χ4v) is 3.67. The zero-order valence-corrected chi connectivity index (χ0v) is 23.3. The Labute approximate surface area is 240 Å². The van der Waals surface area contributed by atoms with Crippen molar-refractivity contribution in [1.29, 1.82) is 0 Å². The molecule has 9 nitrogen and oxygen atoms in total. The van der Waals surface area contributed by atoms with E-state index in [-0.39, 0.29) is 18.5 Å². The molecule has 0 aromatic heterocycles. The number of ether oxygens (including phenoxy) is 6. The van der Waals surface area contributed by atoms with Crippen molar-refractivity contribution in [3.63, 3.8) is 0 Å². The van der Waals surface area contributed by atoms with E-state index in [9.17, 15) is 14.7 Å². The van der Waals surface area contributed by atoms with E-state index in [0.29, 0.717) is 61.9 Å². The quantitative estimate of drug-likeness (QED) is 0.417. The maximum Gasteiger partial charge on any atom is 0.337 e. The molecule has 9 heteroatoms. The van der Waals surface area contributed by atoms with Gasteiger partial charge in [-0.05, 0) is 54.6 Å². The normalized spacial score (nSPS) is 15.1. The van der Waals surface area contributed by atoms with Crippen molar-refractivity contribution >= 4 is 11.9 Å². The predicted octanol–water partition coefficient (Wildman–Crippen LogP) is 3.60. The Hall–Kier alpha value is -4.28. The Balaban J connectivity index is 0.000000226. The summed E-state index contributed by atoms with van der Waals surface area (Å²) in [7, 11) is 2.69. The summed E-state index contributed by atoms with van der Waals surface area (Å²) in [6.07, 6.45) is 3.89. The molecule has 0 saturated carbocycles. The molecule has 216 valence electrons. The molecule has 2 heterocycles. The Kier molecular flexibility index (Phi) is 12.8. The number of aliphatic hydroxyl groups is 1. The first-order valence-electron chi connectivity index (χ1n) is 13.1. The summed E-state index contributed by atoms with van der Waals surface area (Å²) in [4.78, 5) is 22.5. The van der Waals surface area contributed by atoms with Gasteiger partial charge in [-0.2, -0.15) is 0 Å². The van der Waals surface area contributed by atoms with Gasteiger partial charge in [0.25, 0.3) is 0 Å². The summed E-state index contributed by atoms with van der Waals surface area (Å²) >= 11 is 0. The number of methoxy groups -OCH3 is 2. The molecule has 2 aromatic rings. The number of carbonyl (C=O) groups excluding carboxylic acids is 2. The second kappa shape index (κ2) is 16.7. The highest BCUT2D eigenvalue weighted by atomic mass is 16.5. The topological polar surface area (TPSA) is 110 Å². The minimum atomic E-state index is -0.962. The molecule has 1 fully saturated rings. The highest BCUT2D eigenvalue weighted by molar-refractivity contribution is 5.89. The summed E-state index contributed by atoms with van der Waals surface area (Å²) < 4.78 is 30.5. The maximum absolute atomic E-state index is 11.3. The summed E-state index contributed by atoms with van der Waals surface area (Å²) in [5.74, 6) is 12.2. The second-order valence-corrected chi connectivity index (χ2v) is 8.91. The van der Waals surface area contributed by atoms with Crippen molar-refractivity contribution < 1.29 is 43.1 Å². The van der Waals surface area contributed by atoms with E-state index in [0.717, 1.165) is 18.6 Å². The number of esters is 2.